The zero-order valence-electron chi connectivity index (χ0n) is 9.61. The van der Waals surface area contributed by atoms with Crippen LogP contribution in [0, 0.1) is 5.92 Å². The SMILES string of the molecule is COc1ncc(Cl)c(NCC(C)CC(=O)O)n1. The summed E-state index contributed by atoms with van der Waals surface area (Å²) in [5.41, 5.74) is 0. The van der Waals surface area contributed by atoms with Crippen molar-refractivity contribution in [2.75, 3.05) is 19.0 Å². The molecule has 0 spiro atoms. The van der Waals surface area contributed by atoms with Gasteiger partial charge in [0.25, 0.3) is 0 Å². The van der Waals surface area contributed by atoms with Gasteiger partial charge in [-0.15, -0.1) is 0 Å². The summed E-state index contributed by atoms with van der Waals surface area (Å²) in [4.78, 5) is 18.3. The third-order valence-electron chi connectivity index (χ3n) is 2.05. The Bertz CT molecular complexity index is 400. The first kappa shape index (κ1) is 13.5. The molecule has 2 N–H and O–H groups in total. The van der Waals surface area contributed by atoms with Crippen LogP contribution in [0.15, 0.2) is 6.20 Å². The number of hydrogen-bond donors (Lipinski definition) is 2. The number of carboxylic acids is 1. The lowest BCUT2D eigenvalue weighted by Gasteiger charge is -2.12. The molecule has 1 rings (SSSR count). The summed E-state index contributed by atoms with van der Waals surface area (Å²) in [6.45, 7) is 2.29. The second-order valence-electron chi connectivity index (χ2n) is 3.64. The van der Waals surface area contributed by atoms with Crippen molar-refractivity contribution in [3.8, 4) is 6.01 Å². The van der Waals surface area contributed by atoms with E-state index in [9.17, 15) is 4.79 Å². The Kier molecular flexibility index (Phi) is 4.96. The van der Waals surface area contributed by atoms with Crippen molar-refractivity contribution in [2.45, 2.75) is 13.3 Å². The van der Waals surface area contributed by atoms with Crippen molar-refractivity contribution in [3.05, 3.63) is 11.2 Å². The summed E-state index contributed by atoms with van der Waals surface area (Å²) in [6, 6.07) is 0.211. The van der Waals surface area contributed by atoms with Crippen LogP contribution in [0.2, 0.25) is 5.02 Å². The Morgan fingerprint density at radius 1 is 1.71 bits per heavy atom. The first-order valence-corrected chi connectivity index (χ1v) is 5.43. The van der Waals surface area contributed by atoms with Crippen molar-refractivity contribution in [2.24, 2.45) is 5.92 Å². The quantitative estimate of drug-likeness (QED) is 0.808. The molecule has 0 bridgehead atoms. The number of aliphatic carboxylic acids is 1. The number of carboxylic acid groups (broad SMARTS) is 1. The van der Waals surface area contributed by atoms with Gasteiger partial charge in [0.15, 0.2) is 5.82 Å². The molecular formula is C10H14ClN3O3. The van der Waals surface area contributed by atoms with Crippen LogP contribution >= 0.6 is 11.6 Å². The molecule has 0 amide bonds. The Labute approximate surface area is 104 Å². The monoisotopic (exact) mass is 259 g/mol. The minimum atomic E-state index is -0.828. The highest BCUT2D eigenvalue weighted by atomic mass is 35.5. The van der Waals surface area contributed by atoms with E-state index in [1.54, 1.807) is 0 Å². The Balaban J connectivity index is 2.59. The zero-order valence-corrected chi connectivity index (χ0v) is 10.4. The predicted octanol–water partition coefficient (Wildman–Crippen LogP) is 1.66. The minimum absolute atomic E-state index is 0.0236. The maximum Gasteiger partial charge on any atom is 0.318 e. The fraction of sp³-hybridized carbons (Fsp3) is 0.500. The third kappa shape index (κ3) is 4.44. The molecule has 6 nitrogen and oxygen atoms in total. The zero-order chi connectivity index (χ0) is 12.8. The lowest BCUT2D eigenvalue weighted by molar-refractivity contribution is -0.137. The van der Waals surface area contributed by atoms with E-state index < -0.39 is 5.97 Å². The fourth-order valence-electron chi connectivity index (χ4n) is 1.21. The molecule has 17 heavy (non-hydrogen) atoms. The van der Waals surface area contributed by atoms with E-state index in [1.807, 2.05) is 6.92 Å². The average Bonchev–Trinajstić information content (AvgIpc) is 2.27. The highest BCUT2D eigenvalue weighted by Crippen LogP contribution is 2.20. The first-order valence-electron chi connectivity index (χ1n) is 5.05. The van der Waals surface area contributed by atoms with Crippen LogP contribution in [0.25, 0.3) is 0 Å². The van der Waals surface area contributed by atoms with Crippen LogP contribution < -0.4 is 10.1 Å². The van der Waals surface area contributed by atoms with E-state index in [1.165, 1.54) is 13.3 Å². The molecular weight excluding hydrogens is 246 g/mol. The van der Waals surface area contributed by atoms with Gasteiger partial charge in [-0.2, -0.15) is 4.98 Å². The molecule has 1 atom stereocenters. The molecule has 1 heterocycles. The van der Waals surface area contributed by atoms with Gasteiger partial charge in [-0.05, 0) is 5.92 Å². The smallest absolute Gasteiger partial charge is 0.318 e. The van der Waals surface area contributed by atoms with Gasteiger partial charge in [-0.3, -0.25) is 4.79 Å². The number of hydrogen-bond acceptors (Lipinski definition) is 5. The Hall–Kier alpha value is -1.56. The van der Waals surface area contributed by atoms with Crippen molar-refractivity contribution >= 4 is 23.4 Å². The molecule has 0 fully saturated rings. The maximum atomic E-state index is 10.5. The van der Waals surface area contributed by atoms with Gasteiger partial charge in [0, 0.05) is 13.0 Å². The molecule has 0 radical (unpaired) electrons. The van der Waals surface area contributed by atoms with E-state index in [2.05, 4.69) is 15.3 Å². The molecule has 7 heteroatoms. The number of nitrogens with one attached hydrogen (secondary N) is 1. The molecule has 0 aliphatic carbocycles. The van der Waals surface area contributed by atoms with Crippen LogP contribution in [0.1, 0.15) is 13.3 Å². The highest BCUT2D eigenvalue weighted by molar-refractivity contribution is 6.32. The first-order chi connectivity index (χ1) is 8.02. The molecule has 0 aliphatic rings. The third-order valence-corrected chi connectivity index (χ3v) is 2.32. The Morgan fingerprint density at radius 3 is 3.00 bits per heavy atom. The maximum absolute atomic E-state index is 10.5. The summed E-state index contributed by atoms with van der Waals surface area (Å²) in [5, 5.41) is 12.0. The number of methoxy groups -OCH3 is 1. The number of aromatic nitrogens is 2. The van der Waals surface area contributed by atoms with Gasteiger partial charge in [0.1, 0.15) is 5.02 Å². The summed E-state index contributed by atoms with van der Waals surface area (Å²) < 4.78 is 4.87. The molecule has 1 unspecified atom stereocenters. The average molecular weight is 260 g/mol. The van der Waals surface area contributed by atoms with E-state index in [4.69, 9.17) is 21.4 Å². The topological polar surface area (TPSA) is 84.3 Å². The van der Waals surface area contributed by atoms with Gasteiger partial charge >= 0.3 is 12.0 Å². The van der Waals surface area contributed by atoms with E-state index in [0.717, 1.165) is 0 Å². The van der Waals surface area contributed by atoms with Crippen LogP contribution in [0.3, 0.4) is 0 Å². The van der Waals surface area contributed by atoms with Gasteiger partial charge in [-0.1, -0.05) is 18.5 Å². The minimum Gasteiger partial charge on any atom is -0.481 e. The molecule has 94 valence electrons. The van der Waals surface area contributed by atoms with Crippen LogP contribution in [-0.4, -0.2) is 34.7 Å². The van der Waals surface area contributed by atoms with Gasteiger partial charge < -0.3 is 15.2 Å². The largest absolute Gasteiger partial charge is 0.481 e. The van der Waals surface area contributed by atoms with E-state index >= 15 is 0 Å². The standard InChI is InChI=1S/C10H14ClN3O3/c1-6(3-8(15)16)4-12-9-7(11)5-13-10(14-9)17-2/h5-6H,3-4H2,1-2H3,(H,15,16)(H,12,13,14). The van der Waals surface area contributed by atoms with Crippen LogP contribution in [-0.2, 0) is 4.79 Å². The Morgan fingerprint density at radius 2 is 2.41 bits per heavy atom. The number of carbonyl (C=O) groups is 1. The van der Waals surface area contributed by atoms with Crippen molar-refractivity contribution in [1.29, 1.82) is 0 Å². The van der Waals surface area contributed by atoms with Crippen LogP contribution in [0.5, 0.6) is 6.01 Å². The molecule has 1 aromatic heterocycles. The lowest BCUT2D eigenvalue weighted by atomic mass is 10.1. The summed E-state index contributed by atoms with van der Waals surface area (Å²) in [6.07, 6.45) is 1.52. The second kappa shape index (κ2) is 6.24. The molecule has 0 aromatic carbocycles. The van der Waals surface area contributed by atoms with Gasteiger partial charge in [0.05, 0.1) is 13.3 Å². The van der Waals surface area contributed by atoms with Crippen molar-refractivity contribution in [3.63, 3.8) is 0 Å². The van der Waals surface area contributed by atoms with Crippen LogP contribution in [0.4, 0.5) is 5.82 Å². The molecule has 1 aromatic rings. The normalized spacial score (nSPS) is 11.9. The molecule has 0 aliphatic heterocycles. The number of ether oxygens (including phenoxy) is 1. The number of anilines is 1. The fourth-order valence-corrected chi connectivity index (χ4v) is 1.37. The van der Waals surface area contributed by atoms with E-state index in [0.29, 0.717) is 17.4 Å². The van der Waals surface area contributed by atoms with Gasteiger partial charge in [0.2, 0.25) is 0 Å². The number of rotatable bonds is 6. The van der Waals surface area contributed by atoms with Gasteiger partial charge in [-0.25, -0.2) is 4.98 Å². The summed E-state index contributed by atoms with van der Waals surface area (Å²) in [7, 11) is 1.46. The molecule has 0 saturated heterocycles. The summed E-state index contributed by atoms with van der Waals surface area (Å²) >= 11 is 5.88. The number of halogens is 1. The van der Waals surface area contributed by atoms with Crippen molar-refractivity contribution in [1.82, 2.24) is 9.97 Å². The predicted molar refractivity (Wildman–Crippen MR) is 63.5 cm³/mol. The van der Waals surface area contributed by atoms with E-state index in [-0.39, 0.29) is 18.3 Å². The number of nitrogens with zero attached hydrogens (tertiary/aromatic N) is 2. The molecule has 0 saturated carbocycles. The highest BCUT2D eigenvalue weighted by Gasteiger charge is 2.10. The lowest BCUT2D eigenvalue weighted by Crippen LogP contribution is -2.16. The second-order valence-corrected chi connectivity index (χ2v) is 4.04. The summed E-state index contributed by atoms with van der Waals surface area (Å²) in [5.74, 6) is -0.411. The van der Waals surface area contributed by atoms with Crippen molar-refractivity contribution < 1.29 is 14.6 Å².